The minimum atomic E-state index is -2.51. The summed E-state index contributed by atoms with van der Waals surface area (Å²) in [5.74, 6) is -2.16. The topological polar surface area (TPSA) is 3.24 Å². The van der Waals surface area contributed by atoms with Crippen molar-refractivity contribution in [2.45, 2.75) is 12.3 Å². The number of hydrogen-bond acceptors (Lipinski definition) is 1. The number of hydrogen-bond donors (Lipinski definition) is 0. The van der Waals surface area contributed by atoms with Gasteiger partial charge in [0.15, 0.2) is 0 Å². The van der Waals surface area contributed by atoms with E-state index in [0.29, 0.717) is 19.0 Å². The molecule has 70 valence electrons. The van der Waals surface area contributed by atoms with Gasteiger partial charge in [-0.15, -0.1) is 11.6 Å². The number of halogens is 3. The molecule has 1 saturated heterocycles. The van der Waals surface area contributed by atoms with Gasteiger partial charge in [0.2, 0.25) is 0 Å². The van der Waals surface area contributed by atoms with Gasteiger partial charge >= 0.3 is 0 Å². The maximum atomic E-state index is 12.6. The molecule has 0 amide bonds. The van der Waals surface area contributed by atoms with E-state index >= 15 is 0 Å². The van der Waals surface area contributed by atoms with Crippen molar-refractivity contribution in [1.29, 1.82) is 0 Å². The molecule has 1 nitrogen and oxygen atoms in total. The molecule has 0 aromatic rings. The van der Waals surface area contributed by atoms with Crippen LogP contribution in [0.3, 0.4) is 0 Å². The summed E-state index contributed by atoms with van der Waals surface area (Å²) in [4.78, 5) is 1.69. The van der Waals surface area contributed by atoms with Crippen molar-refractivity contribution >= 4 is 11.6 Å². The van der Waals surface area contributed by atoms with E-state index in [0.717, 1.165) is 5.57 Å². The van der Waals surface area contributed by atoms with Crippen molar-refractivity contribution in [1.82, 2.24) is 4.90 Å². The molecule has 1 rings (SSSR count). The van der Waals surface area contributed by atoms with E-state index in [4.69, 9.17) is 11.6 Å². The lowest BCUT2D eigenvalue weighted by molar-refractivity contribution is 0.0131. The highest BCUT2D eigenvalue weighted by atomic mass is 35.5. The molecule has 0 saturated carbocycles. The van der Waals surface area contributed by atoms with Gasteiger partial charge in [-0.1, -0.05) is 6.58 Å². The number of likely N-dealkylation sites (tertiary alicyclic amines) is 1. The SMILES string of the molecule is C=C(CCl)CN1CCC(F)(F)C1. The van der Waals surface area contributed by atoms with Gasteiger partial charge in [-0.25, -0.2) is 8.78 Å². The molecule has 0 unspecified atom stereocenters. The van der Waals surface area contributed by atoms with Crippen molar-refractivity contribution in [3.8, 4) is 0 Å². The van der Waals surface area contributed by atoms with Gasteiger partial charge in [0, 0.05) is 25.4 Å². The Labute approximate surface area is 76.0 Å². The van der Waals surface area contributed by atoms with E-state index in [-0.39, 0.29) is 13.0 Å². The van der Waals surface area contributed by atoms with Crippen LogP contribution in [0.15, 0.2) is 12.2 Å². The molecule has 0 N–H and O–H groups in total. The van der Waals surface area contributed by atoms with Crippen molar-refractivity contribution in [2.75, 3.05) is 25.5 Å². The fourth-order valence-corrected chi connectivity index (χ4v) is 1.38. The normalized spacial score (nSPS) is 22.9. The van der Waals surface area contributed by atoms with Crippen LogP contribution in [0.1, 0.15) is 6.42 Å². The van der Waals surface area contributed by atoms with Gasteiger partial charge in [0.05, 0.1) is 6.54 Å². The van der Waals surface area contributed by atoms with Crippen LogP contribution in [0.2, 0.25) is 0 Å². The molecular weight excluding hydrogens is 184 g/mol. The average molecular weight is 196 g/mol. The Morgan fingerprint density at radius 1 is 1.58 bits per heavy atom. The lowest BCUT2D eigenvalue weighted by Gasteiger charge is -2.15. The van der Waals surface area contributed by atoms with Crippen LogP contribution in [-0.4, -0.2) is 36.3 Å². The molecule has 0 bridgehead atoms. The summed E-state index contributed by atoms with van der Waals surface area (Å²) >= 11 is 5.49. The molecule has 1 heterocycles. The molecule has 1 aliphatic heterocycles. The minimum Gasteiger partial charge on any atom is -0.293 e. The summed E-state index contributed by atoms with van der Waals surface area (Å²) in [6.45, 7) is 4.46. The second-order valence-corrected chi connectivity index (χ2v) is 3.47. The Bertz CT molecular complexity index is 182. The maximum Gasteiger partial charge on any atom is 0.261 e. The van der Waals surface area contributed by atoms with Crippen LogP contribution in [-0.2, 0) is 0 Å². The van der Waals surface area contributed by atoms with E-state index in [1.54, 1.807) is 4.90 Å². The molecule has 0 aliphatic carbocycles. The van der Waals surface area contributed by atoms with Crippen LogP contribution in [0, 0.1) is 0 Å². The van der Waals surface area contributed by atoms with E-state index < -0.39 is 5.92 Å². The van der Waals surface area contributed by atoms with Crippen LogP contribution in [0.4, 0.5) is 8.78 Å². The Hall–Kier alpha value is -0.150. The van der Waals surface area contributed by atoms with E-state index in [2.05, 4.69) is 6.58 Å². The second-order valence-electron chi connectivity index (χ2n) is 3.20. The molecule has 0 atom stereocenters. The predicted molar refractivity (Wildman–Crippen MR) is 45.9 cm³/mol. The van der Waals surface area contributed by atoms with E-state index in [1.807, 2.05) is 0 Å². The molecule has 12 heavy (non-hydrogen) atoms. The van der Waals surface area contributed by atoms with Crippen molar-refractivity contribution in [3.05, 3.63) is 12.2 Å². The summed E-state index contributed by atoms with van der Waals surface area (Å²) in [7, 11) is 0. The maximum absolute atomic E-state index is 12.6. The van der Waals surface area contributed by atoms with E-state index in [9.17, 15) is 8.78 Å². The second kappa shape index (κ2) is 3.71. The first-order valence-electron chi connectivity index (χ1n) is 3.86. The standard InChI is InChI=1S/C8H12ClF2N/c1-7(4-9)5-12-3-2-8(10,11)6-12/h1-6H2. The van der Waals surface area contributed by atoms with Gasteiger partial charge < -0.3 is 0 Å². The third kappa shape index (κ3) is 2.72. The fraction of sp³-hybridized carbons (Fsp3) is 0.750. The average Bonchev–Trinajstić information content (AvgIpc) is 2.30. The summed E-state index contributed by atoms with van der Waals surface area (Å²) < 4.78 is 25.3. The van der Waals surface area contributed by atoms with Gasteiger partial charge in [-0.3, -0.25) is 4.90 Å². The van der Waals surface area contributed by atoms with Crippen LogP contribution in [0.25, 0.3) is 0 Å². The zero-order chi connectivity index (χ0) is 9.19. The van der Waals surface area contributed by atoms with Gasteiger partial charge in [-0.05, 0) is 5.57 Å². The van der Waals surface area contributed by atoms with E-state index in [1.165, 1.54) is 0 Å². The summed E-state index contributed by atoms with van der Waals surface area (Å²) in [5, 5.41) is 0. The third-order valence-electron chi connectivity index (χ3n) is 1.88. The lowest BCUT2D eigenvalue weighted by atomic mass is 10.3. The molecule has 1 fully saturated rings. The first kappa shape index (κ1) is 9.93. The summed E-state index contributed by atoms with van der Waals surface area (Å²) in [5.41, 5.74) is 0.800. The minimum absolute atomic E-state index is 0.0391. The van der Waals surface area contributed by atoms with Gasteiger partial charge in [0.25, 0.3) is 5.92 Å². The molecule has 0 spiro atoms. The highest BCUT2D eigenvalue weighted by Gasteiger charge is 2.37. The Kier molecular flexibility index (Phi) is 3.07. The van der Waals surface area contributed by atoms with Crippen molar-refractivity contribution in [2.24, 2.45) is 0 Å². The zero-order valence-corrected chi connectivity index (χ0v) is 7.58. The van der Waals surface area contributed by atoms with Gasteiger partial charge in [0.1, 0.15) is 0 Å². The number of rotatable bonds is 3. The predicted octanol–water partition coefficient (Wildman–Crippen LogP) is 2.12. The highest BCUT2D eigenvalue weighted by Crippen LogP contribution is 2.26. The van der Waals surface area contributed by atoms with Crippen molar-refractivity contribution < 1.29 is 8.78 Å². The fourth-order valence-electron chi connectivity index (χ4n) is 1.30. The zero-order valence-electron chi connectivity index (χ0n) is 6.82. The lowest BCUT2D eigenvalue weighted by Crippen LogP contribution is -2.27. The first-order valence-corrected chi connectivity index (χ1v) is 4.40. The molecule has 4 heteroatoms. The molecule has 1 aliphatic rings. The molecular formula is C8H12ClF2N. The Balaban J connectivity index is 2.33. The largest absolute Gasteiger partial charge is 0.293 e. The highest BCUT2D eigenvalue weighted by molar-refractivity contribution is 6.19. The summed E-state index contributed by atoms with van der Waals surface area (Å²) in [6.07, 6.45) is -0.0391. The third-order valence-corrected chi connectivity index (χ3v) is 2.26. The van der Waals surface area contributed by atoms with Crippen molar-refractivity contribution in [3.63, 3.8) is 0 Å². The molecule has 0 aromatic heterocycles. The van der Waals surface area contributed by atoms with Crippen LogP contribution in [0.5, 0.6) is 0 Å². The quantitative estimate of drug-likeness (QED) is 0.493. The number of nitrogens with zero attached hydrogens (tertiary/aromatic N) is 1. The molecule has 0 radical (unpaired) electrons. The first-order chi connectivity index (χ1) is 5.53. The van der Waals surface area contributed by atoms with Crippen LogP contribution < -0.4 is 0 Å². The smallest absolute Gasteiger partial charge is 0.261 e. The van der Waals surface area contributed by atoms with Crippen LogP contribution >= 0.6 is 11.6 Å². The van der Waals surface area contributed by atoms with Gasteiger partial charge in [-0.2, -0.15) is 0 Å². The monoisotopic (exact) mass is 195 g/mol. The Morgan fingerprint density at radius 2 is 2.25 bits per heavy atom. The molecule has 0 aromatic carbocycles. The number of alkyl halides is 3. The Morgan fingerprint density at radius 3 is 2.67 bits per heavy atom. The summed E-state index contributed by atoms with van der Waals surface area (Å²) in [6, 6.07) is 0.